The molecule has 0 heterocycles. The van der Waals surface area contributed by atoms with E-state index in [0.29, 0.717) is 6.07 Å². The summed E-state index contributed by atoms with van der Waals surface area (Å²) in [5, 5.41) is 0. The standard InChI is InChI=1S/C12H14F6O2Si/c1-21(2,3)20-10(11(13,14)15)8-5-4-6-9(7-8)19-12(16,17)18/h4-7,10H,1-3H3. The van der Waals surface area contributed by atoms with E-state index in [1.807, 2.05) is 0 Å². The molecule has 0 N–H and O–H groups in total. The predicted molar refractivity (Wildman–Crippen MR) is 66.4 cm³/mol. The Morgan fingerprint density at radius 2 is 1.57 bits per heavy atom. The second kappa shape index (κ2) is 5.88. The van der Waals surface area contributed by atoms with Crippen LogP contribution in [0.5, 0.6) is 5.75 Å². The maximum absolute atomic E-state index is 13.0. The average Bonchev–Trinajstić information content (AvgIpc) is 2.21. The van der Waals surface area contributed by atoms with Gasteiger partial charge in [-0.2, -0.15) is 13.2 Å². The van der Waals surface area contributed by atoms with Crippen molar-refractivity contribution in [1.29, 1.82) is 0 Å². The molecular weight excluding hydrogens is 318 g/mol. The van der Waals surface area contributed by atoms with Crippen LogP contribution in [-0.2, 0) is 4.43 Å². The first-order valence-electron chi connectivity index (χ1n) is 5.88. The van der Waals surface area contributed by atoms with Crippen molar-refractivity contribution in [2.45, 2.75) is 38.3 Å². The van der Waals surface area contributed by atoms with Crippen molar-refractivity contribution in [2.24, 2.45) is 0 Å². The molecule has 0 spiro atoms. The van der Waals surface area contributed by atoms with Crippen molar-refractivity contribution < 1.29 is 35.5 Å². The molecule has 2 nitrogen and oxygen atoms in total. The molecular formula is C12H14F6O2Si. The fraction of sp³-hybridized carbons (Fsp3) is 0.500. The molecule has 1 rings (SSSR count). The monoisotopic (exact) mass is 332 g/mol. The maximum atomic E-state index is 13.0. The summed E-state index contributed by atoms with van der Waals surface area (Å²) in [6.07, 6.45) is -12.0. The van der Waals surface area contributed by atoms with Crippen molar-refractivity contribution in [3.8, 4) is 5.75 Å². The number of rotatable bonds is 4. The van der Waals surface area contributed by atoms with Gasteiger partial charge in [0.2, 0.25) is 0 Å². The van der Waals surface area contributed by atoms with Gasteiger partial charge in [-0.25, -0.2) is 0 Å². The van der Waals surface area contributed by atoms with E-state index >= 15 is 0 Å². The zero-order valence-electron chi connectivity index (χ0n) is 11.5. The molecule has 120 valence electrons. The van der Waals surface area contributed by atoms with E-state index in [9.17, 15) is 26.3 Å². The Labute approximate surface area is 118 Å². The number of alkyl halides is 6. The minimum absolute atomic E-state index is 0.424. The van der Waals surface area contributed by atoms with Gasteiger partial charge in [0, 0.05) is 0 Å². The predicted octanol–water partition coefficient (Wildman–Crippen LogP) is 5.04. The van der Waals surface area contributed by atoms with Crippen LogP contribution in [0.3, 0.4) is 0 Å². The van der Waals surface area contributed by atoms with Crippen molar-refractivity contribution in [3.05, 3.63) is 29.8 Å². The Morgan fingerprint density at radius 3 is 2.00 bits per heavy atom. The van der Waals surface area contributed by atoms with Crippen LogP contribution < -0.4 is 4.74 Å². The van der Waals surface area contributed by atoms with Crippen molar-refractivity contribution in [1.82, 2.24) is 0 Å². The second-order valence-corrected chi connectivity index (χ2v) is 9.73. The summed E-state index contributed by atoms with van der Waals surface area (Å²) in [7, 11) is -2.56. The first-order chi connectivity index (χ1) is 9.28. The molecule has 21 heavy (non-hydrogen) atoms. The Balaban J connectivity index is 3.11. The molecule has 0 aliphatic carbocycles. The molecule has 1 aromatic carbocycles. The first kappa shape index (κ1) is 17.8. The van der Waals surface area contributed by atoms with E-state index in [2.05, 4.69) is 4.74 Å². The number of benzene rings is 1. The molecule has 0 amide bonds. The van der Waals surface area contributed by atoms with Crippen LogP contribution in [0.1, 0.15) is 11.7 Å². The van der Waals surface area contributed by atoms with Gasteiger partial charge in [-0.05, 0) is 37.3 Å². The minimum Gasteiger partial charge on any atom is -0.406 e. The van der Waals surface area contributed by atoms with Crippen LogP contribution in [0.4, 0.5) is 26.3 Å². The minimum atomic E-state index is -4.97. The smallest absolute Gasteiger partial charge is 0.406 e. The molecule has 0 fully saturated rings. The molecule has 0 bridgehead atoms. The van der Waals surface area contributed by atoms with E-state index in [1.54, 1.807) is 19.6 Å². The molecule has 1 aromatic rings. The average molecular weight is 332 g/mol. The molecule has 1 unspecified atom stereocenters. The highest BCUT2D eigenvalue weighted by atomic mass is 28.4. The van der Waals surface area contributed by atoms with E-state index in [-0.39, 0.29) is 0 Å². The summed E-state index contributed by atoms with van der Waals surface area (Å²) < 4.78 is 84.1. The van der Waals surface area contributed by atoms with Gasteiger partial charge in [0.15, 0.2) is 14.4 Å². The van der Waals surface area contributed by atoms with Crippen LogP contribution in [0.15, 0.2) is 24.3 Å². The highest BCUT2D eigenvalue weighted by molar-refractivity contribution is 6.69. The normalized spacial score (nSPS) is 14.9. The Hall–Kier alpha value is -1.22. The topological polar surface area (TPSA) is 18.5 Å². The lowest BCUT2D eigenvalue weighted by Gasteiger charge is -2.28. The van der Waals surface area contributed by atoms with Gasteiger partial charge in [0.1, 0.15) is 5.75 Å². The lowest BCUT2D eigenvalue weighted by atomic mass is 10.1. The quantitative estimate of drug-likeness (QED) is 0.568. The lowest BCUT2D eigenvalue weighted by molar-refractivity contribution is -0.274. The SMILES string of the molecule is C[Si](C)(C)OC(c1cccc(OC(F)(F)F)c1)C(F)(F)F. The highest BCUT2D eigenvalue weighted by Gasteiger charge is 2.44. The largest absolute Gasteiger partial charge is 0.573 e. The van der Waals surface area contributed by atoms with E-state index in [4.69, 9.17) is 4.43 Å². The summed E-state index contributed by atoms with van der Waals surface area (Å²) in [6, 6.07) is 3.73. The van der Waals surface area contributed by atoms with Gasteiger partial charge < -0.3 is 9.16 Å². The number of ether oxygens (including phenoxy) is 1. The summed E-state index contributed by atoms with van der Waals surface area (Å²) in [5.74, 6) is -0.714. The van der Waals surface area contributed by atoms with E-state index in [1.165, 1.54) is 0 Å². The third kappa shape index (κ3) is 6.38. The molecule has 0 aromatic heterocycles. The Bertz CT molecular complexity index is 478. The summed E-state index contributed by atoms with van der Waals surface area (Å²) in [4.78, 5) is 0. The van der Waals surface area contributed by atoms with Crippen molar-refractivity contribution >= 4 is 8.32 Å². The molecule has 0 saturated heterocycles. The third-order valence-electron chi connectivity index (χ3n) is 2.16. The molecule has 0 aliphatic rings. The van der Waals surface area contributed by atoms with Gasteiger partial charge in [-0.3, -0.25) is 0 Å². The zero-order chi connectivity index (χ0) is 16.5. The summed E-state index contributed by atoms with van der Waals surface area (Å²) in [6.45, 7) is 4.67. The van der Waals surface area contributed by atoms with Gasteiger partial charge in [0.05, 0.1) is 0 Å². The van der Waals surface area contributed by atoms with Gasteiger partial charge in [0.25, 0.3) is 0 Å². The second-order valence-electron chi connectivity index (χ2n) is 5.27. The van der Waals surface area contributed by atoms with Crippen molar-refractivity contribution in [3.63, 3.8) is 0 Å². The first-order valence-corrected chi connectivity index (χ1v) is 9.29. The fourth-order valence-corrected chi connectivity index (χ4v) is 2.53. The number of hydrogen-bond acceptors (Lipinski definition) is 2. The van der Waals surface area contributed by atoms with E-state index < -0.39 is 38.3 Å². The third-order valence-corrected chi connectivity index (χ3v) is 3.11. The zero-order valence-corrected chi connectivity index (χ0v) is 12.5. The molecule has 9 heteroatoms. The molecule has 0 saturated carbocycles. The lowest BCUT2D eigenvalue weighted by Crippen LogP contribution is -2.35. The summed E-state index contributed by atoms with van der Waals surface area (Å²) >= 11 is 0. The summed E-state index contributed by atoms with van der Waals surface area (Å²) in [5.41, 5.74) is -0.424. The highest BCUT2D eigenvalue weighted by Crippen LogP contribution is 2.39. The van der Waals surface area contributed by atoms with Gasteiger partial charge in [-0.15, -0.1) is 13.2 Å². The molecule has 1 atom stereocenters. The number of halogens is 6. The van der Waals surface area contributed by atoms with Crippen LogP contribution in [0, 0.1) is 0 Å². The van der Waals surface area contributed by atoms with E-state index in [0.717, 1.165) is 18.2 Å². The fourth-order valence-electron chi connectivity index (χ4n) is 1.55. The molecule has 0 radical (unpaired) electrons. The van der Waals surface area contributed by atoms with Gasteiger partial charge in [-0.1, -0.05) is 12.1 Å². The van der Waals surface area contributed by atoms with Crippen LogP contribution in [0.25, 0.3) is 0 Å². The van der Waals surface area contributed by atoms with Crippen LogP contribution >= 0.6 is 0 Å². The number of hydrogen-bond donors (Lipinski definition) is 0. The Morgan fingerprint density at radius 1 is 1.00 bits per heavy atom. The van der Waals surface area contributed by atoms with Gasteiger partial charge >= 0.3 is 12.5 Å². The maximum Gasteiger partial charge on any atom is 0.573 e. The molecule has 0 aliphatic heterocycles. The Kier molecular flexibility index (Phi) is 4.99. The van der Waals surface area contributed by atoms with Crippen molar-refractivity contribution in [2.75, 3.05) is 0 Å². The van der Waals surface area contributed by atoms with Crippen LogP contribution in [-0.4, -0.2) is 20.9 Å². The van der Waals surface area contributed by atoms with Crippen LogP contribution in [0.2, 0.25) is 19.6 Å².